The lowest BCUT2D eigenvalue weighted by molar-refractivity contribution is -0.670. The summed E-state index contributed by atoms with van der Waals surface area (Å²) in [7, 11) is 0. The van der Waals surface area contributed by atoms with Crippen LogP contribution in [0.5, 0.6) is 0 Å². The highest BCUT2D eigenvalue weighted by molar-refractivity contribution is 5.53. The lowest BCUT2D eigenvalue weighted by Crippen LogP contribution is -2.29. The molecule has 3 nitrogen and oxygen atoms in total. The van der Waals surface area contributed by atoms with Crippen LogP contribution in [-0.2, 0) is 6.54 Å². The highest BCUT2D eigenvalue weighted by Gasteiger charge is 2.28. The Labute approximate surface area is 88.6 Å². The van der Waals surface area contributed by atoms with E-state index in [0.29, 0.717) is 0 Å². The molecule has 0 N–H and O–H groups in total. The fourth-order valence-corrected chi connectivity index (χ4v) is 1.97. The Morgan fingerprint density at radius 2 is 2.07 bits per heavy atom. The molecule has 2 aromatic heterocycles. The maximum atomic E-state index is 4.37. The standard InChI is InChI=1S/C12H12N3/c1-3-7-13-11(5-1)15-10-9-14-8-4-2-6-12(14)15/h1-8H,9-10H2/q+1. The van der Waals surface area contributed by atoms with Gasteiger partial charge in [0.25, 0.3) is 5.82 Å². The average molecular weight is 198 g/mol. The number of nitrogens with zero attached hydrogens (tertiary/aromatic N) is 3. The SMILES string of the molecule is c1ccc(N2CC[n+]3ccccc32)nc1. The number of anilines is 2. The molecule has 0 saturated heterocycles. The summed E-state index contributed by atoms with van der Waals surface area (Å²) < 4.78 is 2.24. The predicted octanol–water partition coefficient (Wildman–Crippen LogP) is 1.52. The van der Waals surface area contributed by atoms with Crippen LogP contribution in [0.4, 0.5) is 11.6 Å². The largest absolute Gasteiger partial charge is 0.283 e. The molecular formula is C12H12N3+. The molecule has 1 aliphatic rings. The van der Waals surface area contributed by atoms with Crippen molar-refractivity contribution in [1.82, 2.24) is 4.98 Å². The zero-order valence-corrected chi connectivity index (χ0v) is 8.37. The highest BCUT2D eigenvalue weighted by Crippen LogP contribution is 2.22. The Bertz CT molecular complexity index is 467. The first-order valence-electron chi connectivity index (χ1n) is 5.12. The Hall–Kier alpha value is -1.90. The van der Waals surface area contributed by atoms with Crippen LogP contribution >= 0.6 is 0 Å². The molecule has 0 spiro atoms. The zero-order valence-electron chi connectivity index (χ0n) is 8.37. The molecule has 0 atom stereocenters. The van der Waals surface area contributed by atoms with Crippen molar-refractivity contribution in [3.05, 3.63) is 48.8 Å². The summed E-state index contributed by atoms with van der Waals surface area (Å²) in [6.07, 6.45) is 3.94. The second-order valence-corrected chi connectivity index (χ2v) is 3.59. The van der Waals surface area contributed by atoms with Crippen LogP contribution in [0.15, 0.2) is 48.8 Å². The molecule has 3 heterocycles. The van der Waals surface area contributed by atoms with Gasteiger partial charge in [-0.3, -0.25) is 0 Å². The smallest absolute Gasteiger partial charge is 0.230 e. The quantitative estimate of drug-likeness (QED) is 0.647. The lowest BCUT2D eigenvalue weighted by Gasteiger charge is -2.07. The maximum Gasteiger partial charge on any atom is 0.283 e. The number of hydrogen-bond acceptors (Lipinski definition) is 2. The number of hydrogen-bond donors (Lipinski definition) is 0. The average Bonchev–Trinajstić information content (AvgIpc) is 2.74. The second-order valence-electron chi connectivity index (χ2n) is 3.59. The van der Waals surface area contributed by atoms with Gasteiger partial charge in [0, 0.05) is 18.3 Å². The van der Waals surface area contributed by atoms with Crippen LogP contribution in [0, 0.1) is 0 Å². The van der Waals surface area contributed by atoms with E-state index >= 15 is 0 Å². The van der Waals surface area contributed by atoms with Crippen molar-refractivity contribution in [3.8, 4) is 0 Å². The molecule has 0 bridgehead atoms. The molecule has 0 unspecified atom stereocenters. The minimum absolute atomic E-state index is 1.00. The third kappa shape index (κ3) is 1.36. The van der Waals surface area contributed by atoms with E-state index in [0.717, 1.165) is 18.9 Å². The normalized spacial score (nSPS) is 14.0. The number of rotatable bonds is 1. The fraction of sp³-hybridized carbons (Fsp3) is 0.167. The summed E-state index contributed by atoms with van der Waals surface area (Å²) in [6, 6.07) is 12.3. The molecule has 1 aliphatic heterocycles. The monoisotopic (exact) mass is 198 g/mol. The molecule has 3 heteroatoms. The Morgan fingerprint density at radius 1 is 1.13 bits per heavy atom. The summed E-state index contributed by atoms with van der Waals surface area (Å²) in [5, 5.41) is 0. The minimum Gasteiger partial charge on any atom is -0.230 e. The molecule has 0 amide bonds. The van der Waals surface area contributed by atoms with Crippen molar-refractivity contribution >= 4 is 11.6 Å². The molecule has 74 valence electrons. The Morgan fingerprint density at radius 3 is 2.93 bits per heavy atom. The minimum atomic E-state index is 1.00. The summed E-state index contributed by atoms with van der Waals surface area (Å²) in [5.41, 5.74) is 0. The summed E-state index contributed by atoms with van der Waals surface area (Å²) in [6.45, 7) is 2.04. The fourth-order valence-electron chi connectivity index (χ4n) is 1.97. The molecular weight excluding hydrogens is 186 g/mol. The summed E-state index contributed by atoms with van der Waals surface area (Å²) >= 11 is 0. The molecule has 0 radical (unpaired) electrons. The van der Waals surface area contributed by atoms with Gasteiger partial charge >= 0.3 is 0 Å². The van der Waals surface area contributed by atoms with E-state index in [1.54, 1.807) is 0 Å². The molecule has 0 aliphatic carbocycles. The van der Waals surface area contributed by atoms with Crippen molar-refractivity contribution in [2.45, 2.75) is 6.54 Å². The first-order chi connectivity index (χ1) is 7.45. The van der Waals surface area contributed by atoms with Crippen molar-refractivity contribution in [2.24, 2.45) is 0 Å². The van der Waals surface area contributed by atoms with Crippen LogP contribution in [0.25, 0.3) is 0 Å². The van der Waals surface area contributed by atoms with Crippen LogP contribution in [0.2, 0.25) is 0 Å². The first kappa shape index (κ1) is 8.41. The van der Waals surface area contributed by atoms with E-state index in [4.69, 9.17) is 0 Å². The van der Waals surface area contributed by atoms with Crippen LogP contribution in [0.1, 0.15) is 0 Å². The van der Waals surface area contributed by atoms with Crippen LogP contribution in [0.3, 0.4) is 0 Å². The van der Waals surface area contributed by atoms with Gasteiger partial charge in [-0.05, 0) is 12.1 Å². The highest BCUT2D eigenvalue weighted by atomic mass is 15.3. The van der Waals surface area contributed by atoms with Crippen molar-refractivity contribution in [1.29, 1.82) is 0 Å². The van der Waals surface area contributed by atoms with Gasteiger partial charge in [-0.25, -0.2) is 14.5 Å². The van der Waals surface area contributed by atoms with Gasteiger partial charge < -0.3 is 0 Å². The number of pyridine rings is 2. The van der Waals surface area contributed by atoms with Crippen molar-refractivity contribution in [2.75, 3.05) is 11.4 Å². The third-order valence-electron chi connectivity index (χ3n) is 2.68. The molecule has 0 aromatic carbocycles. The van der Waals surface area contributed by atoms with Gasteiger partial charge in [-0.2, -0.15) is 0 Å². The van der Waals surface area contributed by atoms with Gasteiger partial charge in [0.2, 0.25) is 5.82 Å². The van der Waals surface area contributed by atoms with E-state index < -0.39 is 0 Å². The predicted molar refractivity (Wildman–Crippen MR) is 57.9 cm³/mol. The van der Waals surface area contributed by atoms with Crippen LogP contribution < -0.4 is 9.47 Å². The molecule has 3 rings (SSSR count). The van der Waals surface area contributed by atoms with E-state index in [1.807, 2.05) is 24.4 Å². The lowest BCUT2D eigenvalue weighted by atomic mass is 10.4. The number of aromatic nitrogens is 2. The van der Waals surface area contributed by atoms with Crippen LogP contribution in [-0.4, -0.2) is 11.5 Å². The molecule has 2 aromatic rings. The zero-order chi connectivity index (χ0) is 10.1. The van der Waals surface area contributed by atoms with Gasteiger partial charge in [-0.15, -0.1) is 0 Å². The molecule has 15 heavy (non-hydrogen) atoms. The topological polar surface area (TPSA) is 20.0 Å². The van der Waals surface area contributed by atoms with E-state index in [2.05, 4.69) is 38.8 Å². The summed E-state index contributed by atoms with van der Waals surface area (Å²) in [4.78, 5) is 6.61. The van der Waals surface area contributed by atoms with E-state index in [1.165, 1.54) is 5.82 Å². The van der Waals surface area contributed by atoms with Gasteiger partial charge in [-0.1, -0.05) is 12.1 Å². The van der Waals surface area contributed by atoms with Crippen molar-refractivity contribution in [3.63, 3.8) is 0 Å². The molecule has 0 saturated carbocycles. The second kappa shape index (κ2) is 3.35. The van der Waals surface area contributed by atoms with Crippen molar-refractivity contribution < 1.29 is 4.57 Å². The van der Waals surface area contributed by atoms with E-state index in [9.17, 15) is 0 Å². The Balaban J connectivity index is 2.05. The third-order valence-corrected chi connectivity index (χ3v) is 2.68. The first-order valence-corrected chi connectivity index (χ1v) is 5.12. The Kier molecular flexibility index (Phi) is 1.88. The number of fused-ring (bicyclic) bond motifs is 1. The molecule has 0 fully saturated rings. The van der Waals surface area contributed by atoms with Gasteiger partial charge in [0.15, 0.2) is 0 Å². The van der Waals surface area contributed by atoms with E-state index in [-0.39, 0.29) is 0 Å². The maximum absolute atomic E-state index is 4.37. The van der Waals surface area contributed by atoms with Gasteiger partial charge in [0.1, 0.15) is 13.1 Å². The summed E-state index contributed by atoms with van der Waals surface area (Å²) in [5.74, 6) is 2.24. The van der Waals surface area contributed by atoms with Gasteiger partial charge in [0.05, 0.1) is 6.20 Å².